The standard InChI is InChI=1S/C23H31N3O/c1-17(2)20(21-18(3)11-10-14-24-21)25-22(19-12-6-4-7-13-19)23(27)26-15-8-5-9-16-26/h4,6-7,10-14,17,20,22,25H,5,8-9,15-16H2,1-3H3. The topological polar surface area (TPSA) is 45.2 Å². The van der Waals surface area contributed by atoms with Crippen LogP contribution in [0.3, 0.4) is 0 Å². The van der Waals surface area contributed by atoms with Gasteiger partial charge in [0.25, 0.3) is 0 Å². The molecule has 1 fully saturated rings. The number of aryl methyl sites for hydroxylation is 1. The average Bonchev–Trinajstić information content (AvgIpc) is 2.70. The van der Waals surface area contributed by atoms with Crippen molar-refractivity contribution in [2.75, 3.05) is 13.1 Å². The second-order valence-corrected chi connectivity index (χ2v) is 7.82. The molecule has 0 bridgehead atoms. The number of nitrogens with one attached hydrogen (secondary N) is 1. The summed E-state index contributed by atoms with van der Waals surface area (Å²) in [5.41, 5.74) is 3.20. The first-order chi connectivity index (χ1) is 13.1. The van der Waals surface area contributed by atoms with Crippen molar-refractivity contribution in [1.29, 1.82) is 0 Å². The van der Waals surface area contributed by atoms with E-state index in [1.165, 1.54) is 6.42 Å². The van der Waals surface area contributed by atoms with Crippen molar-refractivity contribution in [3.63, 3.8) is 0 Å². The van der Waals surface area contributed by atoms with Gasteiger partial charge in [0, 0.05) is 19.3 Å². The van der Waals surface area contributed by atoms with Crippen LogP contribution in [0.25, 0.3) is 0 Å². The number of pyridine rings is 1. The maximum absolute atomic E-state index is 13.4. The Balaban J connectivity index is 1.92. The van der Waals surface area contributed by atoms with Crippen molar-refractivity contribution >= 4 is 5.91 Å². The predicted octanol–water partition coefficient (Wildman–Crippen LogP) is 4.43. The molecule has 1 aromatic carbocycles. The van der Waals surface area contributed by atoms with E-state index in [4.69, 9.17) is 0 Å². The van der Waals surface area contributed by atoms with Crippen LogP contribution in [-0.2, 0) is 4.79 Å². The summed E-state index contributed by atoms with van der Waals surface area (Å²) in [7, 11) is 0. The van der Waals surface area contributed by atoms with Gasteiger partial charge in [-0.05, 0) is 49.3 Å². The van der Waals surface area contributed by atoms with E-state index in [2.05, 4.69) is 37.1 Å². The molecule has 4 heteroatoms. The van der Waals surface area contributed by atoms with Gasteiger partial charge < -0.3 is 4.90 Å². The van der Waals surface area contributed by atoms with Gasteiger partial charge in [-0.15, -0.1) is 0 Å². The molecule has 1 saturated heterocycles. The highest BCUT2D eigenvalue weighted by molar-refractivity contribution is 5.83. The molecule has 2 heterocycles. The lowest BCUT2D eigenvalue weighted by molar-refractivity contribution is -0.134. The highest BCUT2D eigenvalue weighted by Gasteiger charge is 2.31. The molecule has 0 radical (unpaired) electrons. The molecule has 0 saturated carbocycles. The third-order valence-corrected chi connectivity index (χ3v) is 5.41. The zero-order valence-electron chi connectivity index (χ0n) is 16.7. The fraction of sp³-hybridized carbons (Fsp3) is 0.478. The van der Waals surface area contributed by atoms with Gasteiger partial charge in [-0.2, -0.15) is 0 Å². The largest absolute Gasteiger partial charge is 0.341 e. The summed E-state index contributed by atoms with van der Waals surface area (Å²) in [6.45, 7) is 8.17. The van der Waals surface area contributed by atoms with E-state index in [-0.39, 0.29) is 18.0 Å². The van der Waals surface area contributed by atoms with Gasteiger partial charge in [-0.3, -0.25) is 15.1 Å². The van der Waals surface area contributed by atoms with Crippen LogP contribution in [-0.4, -0.2) is 28.9 Å². The first-order valence-corrected chi connectivity index (χ1v) is 10.1. The lowest BCUT2D eigenvalue weighted by atomic mass is 9.94. The third-order valence-electron chi connectivity index (χ3n) is 5.41. The normalized spacial score (nSPS) is 17.0. The van der Waals surface area contributed by atoms with E-state index in [0.717, 1.165) is 42.8 Å². The summed E-state index contributed by atoms with van der Waals surface area (Å²) in [5, 5.41) is 3.67. The zero-order chi connectivity index (χ0) is 19.2. The number of carbonyl (C=O) groups is 1. The quantitative estimate of drug-likeness (QED) is 0.824. The van der Waals surface area contributed by atoms with Crippen LogP contribution in [0.15, 0.2) is 48.7 Å². The Kier molecular flexibility index (Phi) is 6.62. The fourth-order valence-corrected chi connectivity index (χ4v) is 3.84. The average molecular weight is 366 g/mol. The van der Waals surface area contributed by atoms with Gasteiger partial charge in [-0.1, -0.05) is 50.2 Å². The van der Waals surface area contributed by atoms with Crippen LogP contribution in [0.5, 0.6) is 0 Å². The van der Waals surface area contributed by atoms with Gasteiger partial charge in [0.1, 0.15) is 6.04 Å². The van der Waals surface area contributed by atoms with Crippen molar-refractivity contribution in [3.05, 3.63) is 65.5 Å². The number of rotatable bonds is 6. The molecular weight excluding hydrogens is 334 g/mol. The summed E-state index contributed by atoms with van der Waals surface area (Å²) in [6.07, 6.45) is 5.25. The molecule has 1 aliphatic heterocycles. The number of carbonyl (C=O) groups excluding carboxylic acids is 1. The Hall–Kier alpha value is -2.20. The van der Waals surface area contributed by atoms with E-state index in [9.17, 15) is 4.79 Å². The van der Waals surface area contributed by atoms with Gasteiger partial charge in [0.05, 0.1) is 11.7 Å². The Morgan fingerprint density at radius 3 is 2.37 bits per heavy atom. The van der Waals surface area contributed by atoms with Gasteiger partial charge in [0.2, 0.25) is 5.91 Å². The Morgan fingerprint density at radius 2 is 1.74 bits per heavy atom. The Labute approximate surface area is 163 Å². The minimum absolute atomic E-state index is 0.0187. The molecule has 0 aliphatic carbocycles. The van der Waals surface area contributed by atoms with E-state index in [1.54, 1.807) is 0 Å². The summed E-state index contributed by atoms with van der Waals surface area (Å²) in [5.74, 6) is 0.499. The van der Waals surface area contributed by atoms with Gasteiger partial charge in [0.15, 0.2) is 0 Å². The number of piperidine rings is 1. The van der Waals surface area contributed by atoms with E-state index in [1.807, 2.05) is 47.5 Å². The molecule has 3 rings (SSSR count). The van der Waals surface area contributed by atoms with E-state index in [0.29, 0.717) is 5.92 Å². The monoisotopic (exact) mass is 365 g/mol. The highest BCUT2D eigenvalue weighted by Crippen LogP contribution is 2.28. The van der Waals surface area contributed by atoms with Crippen LogP contribution < -0.4 is 5.32 Å². The van der Waals surface area contributed by atoms with Gasteiger partial charge in [-0.25, -0.2) is 0 Å². The first-order valence-electron chi connectivity index (χ1n) is 10.1. The van der Waals surface area contributed by atoms with Gasteiger partial charge >= 0.3 is 0 Å². The Bertz CT molecular complexity index is 738. The maximum Gasteiger partial charge on any atom is 0.244 e. The second-order valence-electron chi connectivity index (χ2n) is 7.82. The second kappa shape index (κ2) is 9.14. The molecule has 2 aromatic rings. The number of hydrogen-bond donors (Lipinski definition) is 1. The molecule has 1 N–H and O–H groups in total. The van der Waals surface area contributed by atoms with E-state index >= 15 is 0 Å². The van der Waals surface area contributed by atoms with Crippen LogP contribution in [0.2, 0.25) is 0 Å². The van der Waals surface area contributed by atoms with Crippen LogP contribution in [0.4, 0.5) is 0 Å². The lowest BCUT2D eigenvalue weighted by Crippen LogP contribution is -2.45. The van der Waals surface area contributed by atoms with Crippen LogP contribution >= 0.6 is 0 Å². The first kappa shape index (κ1) is 19.6. The predicted molar refractivity (Wildman–Crippen MR) is 109 cm³/mol. The third kappa shape index (κ3) is 4.75. The smallest absolute Gasteiger partial charge is 0.244 e. The van der Waals surface area contributed by atoms with E-state index < -0.39 is 0 Å². The molecule has 144 valence electrons. The fourth-order valence-electron chi connectivity index (χ4n) is 3.84. The summed E-state index contributed by atoms with van der Waals surface area (Å²) in [6, 6.07) is 13.8. The molecule has 2 unspecified atom stereocenters. The number of benzene rings is 1. The Morgan fingerprint density at radius 1 is 1.04 bits per heavy atom. The number of likely N-dealkylation sites (tertiary alicyclic amines) is 1. The minimum atomic E-state index is -0.349. The molecule has 1 aliphatic rings. The summed E-state index contributed by atoms with van der Waals surface area (Å²) >= 11 is 0. The molecular formula is C23H31N3O. The van der Waals surface area contributed by atoms with Crippen LogP contribution in [0.1, 0.15) is 62.0 Å². The maximum atomic E-state index is 13.4. The van der Waals surface area contributed by atoms with Crippen molar-refractivity contribution in [1.82, 2.24) is 15.2 Å². The van der Waals surface area contributed by atoms with Crippen molar-refractivity contribution < 1.29 is 4.79 Å². The number of hydrogen-bond acceptors (Lipinski definition) is 3. The highest BCUT2D eigenvalue weighted by atomic mass is 16.2. The SMILES string of the molecule is Cc1cccnc1C(NC(C(=O)N1CCCCC1)c1ccccc1)C(C)C. The molecule has 27 heavy (non-hydrogen) atoms. The van der Waals surface area contributed by atoms with Crippen LogP contribution in [0, 0.1) is 12.8 Å². The molecule has 1 amide bonds. The van der Waals surface area contributed by atoms with Crippen molar-refractivity contribution in [2.24, 2.45) is 5.92 Å². The minimum Gasteiger partial charge on any atom is -0.341 e. The van der Waals surface area contributed by atoms with Crippen molar-refractivity contribution in [3.8, 4) is 0 Å². The number of aromatic nitrogens is 1. The summed E-state index contributed by atoms with van der Waals surface area (Å²) in [4.78, 5) is 20.1. The lowest BCUT2D eigenvalue weighted by Gasteiger charge is -2.34. The molecule has 2 atom stereocenters. The number of nitrogens with zero attached hydrogens (tertiary/aromatic N) is 2. The zero-order valence-corrected chi connectivity index (χ0v) is 16.7. The molecule has 4 nitrogen and oxygen atoms in total. The summed E-state index contributed by atoms with van der Waals surface area (Å²) < 4.78 is 0. The molecule has 0 spiro atoms. The van der Waals surface area contributed by atoms with Crippen molar-refractivity contribution in [2.45, 2.75) is 52.1 Å². The molecule has 1 aromatic heterocycles. The number of amides is 1.